The maximum Gasteiger partial charge on any atom is 0.295 e. The monoisotopic (exact) mass is 340 g/mol. The predicted octanol–water partition coefficient (Wildman–Crippen LogP) is 2.95. The number of nitrogens with one attached hydrogen (secondary N) is 1. The standard InChI is InChI=1S/C17H20N6O2/c1-9(2)13-8-14(25-22-13)16(24)20-15-7-12(5)21-23(15)17-18-10(3)6-11(4)19-17/h6-9H,1-5H3,(H,20,24). The Kier molecular flexibility index (Phi) is 4.35. The molecule has 0 aliphatic heterocycles. The molecule has 1 amide bonds. The number of hydrogen-bond donors (Lipinski definition) is 1. The summed E-state index contributed by atoms with van der Waals surface area (Å²) in [5.74, 6) is 0.804. The number of aromatic nitrogens is 5. The lowest BCUT2D eigenvalue weighted by Gasteiger charge is -2.07. The summed E-state index contributed by atoms with van der Waals surface area (Å²) >= 11 is 0. The largest absolute Gasteiger partial charge is 0.351 e. The molecule has 25 heavy (non-hydrogen) atoms. The highest BCUT2D eigenvalue weighted by atomic mass is 16.5. The van der Waals surface area contributed by atoms with E-state index in [9.17, 15) is 4.79 Å². The molecule has 8 nitrogen and oxygen atoms in total. The minimum Gasteiger partial charge on any atom is -0.351 e. The van der Waals surface area contributed by atoms with Gasteiger partial charge >= 0.3 is 0 Å². The molecule has 0 spiro atoms. The van der Waals surface area contributed by atoms with Gasteiger partial charge in [0.1, 0.15) is 5.82 Å². The normalized spacial score (nSPS) is 11.1. The molecule has 0 radical (unpaired) electrons. The van der Waals surface area contributed by atoms with Crippen LogP contribution in [0.2, 0.25) is 0 Å². The van der Waals surface area contributed by atoms with E-state index >= 15 is 0 Å². The molecule has 0 fully saturated rings. The lowest BCUT2D eigenvalue weighted by molar-refractivity contribution is 0.0987. The van der Waals surface area contributed by atoms with Gasteiger partial charge in [-0.25, -0.2) is 9.97 Å². The van der Waals surface area contributed by atoms with Crippen molar-refractivity contribution in [2.45, 2.75) is 40.5 Å². The van der Waals surface area contributed by atoms with Crippen molar-refractivity contribution in [3.8, 4) is 5.95 Å². The summed E-state index contributed by atoms with van der Waals surface area (Å²) in [6.45, 7) is 9.56. The number of aryl methyl sites for hydroxylation is 3. The van der Waals surface area contributed by atoms with Crippen LogP contribution in [-0.2, 0) is 0 Å². The van der Waals surface area contributed by atoms with Crippen molar-refractivity contribution in [3.05, 3.63) is 46.7 Å². The van der Waals surface area contributed by atoms with Crippen LogP contribution in [0.4, 0.5) is 5.82 Å². The third-order valence-electron chi connectivity index (χ3n) is 3.58. The molecule has 130 valence electrons. The summed E-state index contributed by atoms with van der Waals surface area (Å²) in [6.07, 6.45) is 0. The molecular weight excluding hydrogens is 320 g/mol. The molecule has 0 saturated heterocycles. The van der Waals surface area contributed by atoms with Gasteiger partial charge in [-0.05, 0) is 32.8 Å². The molecule has 8 heteroatoms. The average molecular weight is 340 g/mol. The maximum absolute atomic E-state index is 12.4. The van der Waals surface area contributed by atoms with Crippen molar-refractivity contribution in [3.63, 3.8) is 0 Å². The van der Waals surface area contributed by atoms with Crippen molar-refractivity contribution >= 4 is 11.7 Å². The van der Waals surface area contributed by atoms with Crippen molar-refractivity contribution in [2.75, 3.05) is 5.32 Å². The molecular formula is C17H20N6O2. The van der Waals surface area contributed by atoms with Crippen LogP contribution in [0.5, 0.6) is 0 Å². The van der Waals surface area contributed by atoms with Gasteiger partial charge in [0.25, 0.3) is 11.9 Å². The smallest absolute Gasteiger partial charge is 0.295 e. The topological polar surface area (TPSA) is 98.7 Å². The first-order chi connectivity index (χ1) is 11.8. The zero-order valence-corrected chi connectivity index (χ0v) is 14.9. The Morgan fingerprint density at radius 2 is 1.76 bits per heavy atom. The van der Waals surface area contributed by atoms with Crippen molar-refractivity contribution in [1.82, 2.24) is 24.9 Å². The first-order valence-electron chi connectivity index (χ1n) is 8.01. The summed E-state index contributed by atoms with van der Waals surface area (Å²) in [4.78, 5) is 21.2. The Hall–Kier alpha value is -3.03. The Morgan fingerprint density at radius 1 is 1.08 bits per heavy atom. The van der Waals surface area contributed by atoms with E-state index in [1.807, 2.05) is 40.7 Å². The van der Waals surface area contributed by atoms with Gasteiger partial charge in [-0.2, -0.15) is 9.78 Å². The highest BCUT2D eigenvalue weighted by molar-refractivity contribution is 6.01. The molecule has 3 aromatic rings. The number of carbonyl (C=O) groups excluding carboxylic acids is 1. The second kappa shape index (κ2) is 6.46. The van der Waals surface area contributed by atoms with E-state index < -0.39 is 5.91 Å². The van der Waals surface area contributed by atoms with E-state index in [-0.39, 0.29) is 11.7 Å². The average Bonchev–Trinajstić information content (AvgIpc) is 3.13. The predicted molar refractivity (Wildman–Crippen MR) is 91.9 cm³/mol. The third kappa shape index (κ3) is 3.57. The highest BCUT2D eigenvalue weighted by Crippen LogP contribution is 2.18. The Labute approximate surface area is 145 Å². The quantitative estimate of drug-likeness (QED) is 0.784. The van der Waals surface area contributed by atoms with E-state index in [2.05, 4.69) is 25.5 Å². The first-order valence-corrected chi connectivity index (χ1v) is 8.01. The van der Waals surface area contributed by atoms with Crippen LogP contribution in [0.25, 0.3) is 5.95 Å². The fourth-order valence-corrected chi connectivity index (χ4v) is 2.39. The Bertz CT molecular complexity index is 905. The summed E-state index contributed by atoms with van der Waals surface area (Å²) in [5.41, 5.74) is 3.11. The van der Waals surface area contributed by atoms with Gasteiger partial charge in [-0.15, -0.1) is 0 Å². The highest BCUT2D eigenvalue weighted by Gasteiger charge is 2.18. The molecule has 0 aromatic carbocycles. The van der Waals surface area contributed by atoms with Crippen LogP contribution >= 0.6 is 0 Å². The molecule has 0 atom stereocenters. The van der Waals surface area contributed by atoms with E-state index in [1.165, 1.54) is 4.68 Å². The summed E-state index contributed by atoms with van der Waals surface area (Å²) in [6, 6.07) is 5.26. The molecule has 3 aromatic heterocycles. The van der Waals surface area contributed by atoms with Crippen molar-refractivity contribution < 1.29 is 9.32 Å². The second-order valence-corrected chi connectivity index (χ2v) is 6.26. The fraction of sp³-hybridized carbons (Fsp3) is 0.353. The number of amides is 1. The van der Waals surface area contributed by atoms with Crippen LogP contribution in [0.3, 0.4) is 0 Å². The molecule has 0 aliphatic rings. The Morgan fingerprint density at radius 3 is 2.36 bits per heavy atom. The van der Waals surface area contributed by atoms with Crippen LogP contribution in [0.15, 0.2) is 22.7 Å². The number of rotatable bonds is 4. The Balaban J connectivity index is 1.91. The van der Waals surface area contributed by atoms with Crippen LogP contribution < -0.4 is 5.32 Å². The van der Waals surface area contributed by atoms with Gasteiger partial charge in [0, 0.05) is 23.5 Å². The van der Waals surface area contributed by atoms with Gasteiger partial charge < -0.3 is 9.84 Å². The number of nitrogens with zero attached hydrogens (tertiary/aromatic N) is 5. The van der Waals surface area contributed by atoms with Gasteiger partial charge in [0.2, 0.25) is 5.76 Å². The molecule has 0 saturated carbocycles. The molecule has 3 heterocycles. The van der Waals surface area contributed by atoms with Gasteiger partial charge in [-0.3, -0.25) is 4.79 Å². The minimum atomic E-state index is -0.398. The number of anilines is 1. The molecule has 0 bridgehead atoms. The minimum absolute atomic E-state index is 0.149. The molecule has 0 aliphatic carbocycles. The zero-order valence-electron chi connectivity index (χ0n) is 14.9. The lowest BCUT2D eigenvalue weighted by Crippen LogP contribution is -2.16. The van der Waals surface area contributed by atoms with E-state index in [4.69, 9.17) is 4.52 Å². The molecule has 1 N–H and O–H groups in total. The summed E-state index contributed by atoms with van der Waals surface area (Å²) < 4.78 is 6.63. The summed E-state index contributed by atoms with van der Waals surface area (Å²) in [7, 11) is 0. The van der Waals surface area contributed by atoms with Gasteiger partial charge in [0.05, 0.1) is 11.4 Å². The van der Waals surface area contributed by atoms with Crippen LogP contribution in [0.1, 0.15) is 53.1 Å². The van der Waals surface area contributed by atoms with Crippen molar-refractivity contribution in [1.29, 1.82) is 0 Å². The summed E-state index contributed by atoms with van der Waals surface area (Å²) in [5, 5.41) is 11.1. The first kappa shape index (κ1) is 16.8. The number of hydrogen-bond acceptors (Lipinski definition) is 6. The fourth-order valence-electron chi connectivity index (χ4n) is 2.39. The van der Waals surface area contributed by atoms with E-state index in [1.54, 1.807) is 12.1 Å². The van der Waals surface area contributed by atoms with Crippen LogP contribution in [-0.4, -0.2) is 30.8 Å². The van der Waals surface area contributed by atoms with Crippen LogP contribution in [0, 0.1) is 20.8 Å². The SMILES string of the molecule is Cc1cc(C)nc(-n2nc(C)cc2NC(=O)c2cc(C(C)C)no2)n1. The molecule has 0 unspecified atom stereocenters. The van der Waals surface area contributed by atoms with Gasteiger partial charge in [0.15, 0.2) is 0 Å². The zero-order chi connectivity index (χ0) is 18.1. The number of carbonyl (C=O) groups is 1. The van der Waals surface area contributed by atoms with E-state index in [0.717, 1.165) is 22.8 Å². The van der Waals surface area contributed by atoms with E-state index in [0.29, 0.717) is 11.8 Å². The lowest BCUT2D eigenvalue weighted by atomic mass is 10.1. The third-order valence-corrected chi connectivity index (χ3v) is 3.58. The van der Waals surface area contributed by atoms with Crippen molar-refractivity contribution in [2.24, 2.45) is 0 Å². The maximum atomic E-state index is 12.4. The van der Waals surface area contributed by atoms with Gasteiger partial charge in [-0.1, -0.05) is 19.0 Å². The second-order valence-electron chi connectivity index (χ2n) is 6.26. The molecule has 3 rings (SSSR count).